The number of morpholine rings is 1. The van der Waals surface area contributed by atoms with Crippen molar-refractivity contribution in [1.29, 1.82) is 0 Å². The molecule has 8 heteroatoms. The molecule has 3 rings (SSSR count). The summed E-state index contributed by atoms with van der Waals surface area (Å²) in [6.07, 6.45) is 3.46. The Balaban J connectivity index is 0.00000300. The van der Waals surface area contributed by atoms with Crippen molar-refractivity contribution in [2.75, 3.05) is 53.0 Å². The van der Waals surface area contributed by atoms with Gasteiger partial charge in [0.05, 0.1) is 13.2 Å². The van der Waals surface area contributed by atoms with E-state index in [1.165, 1.54) is 6.07 Å². The van der Waals surface area contributed by atoms with Crippen molar-refractivity contribution in [2.24, 2.45) is 10.9 Å². The highest BCUT2D eigenvalue weighted by atomic mass is 127. The predicted molar refractivity (Wildman–Crippen MR) is 123 cm³/mol. The van der Waals surface area contributed by atoms with Gasteiger partial charge in [0.1, 0.15) is 5.82 Å². The number of guanidine groups is 1. The van der Waals surface area contributed by atoms with Crippen molar-refractivity contribution in [3.8, 4) is 0 Å². The molecule has 0 aromatic heterocycles. The lowest BCUT2D eigenvalue weighted by Crippen LogP contribution is -2.50. The lowest BCUT2D eigenvalue weighted by atomic mass is 9.95. The molecule has 2 aliphatic heterocycles. The summed E-state index contributed by atoms with van der Waals surface area (Å²) in [6, 6.07) is 6.76. The number of halogens is 2. The number of piperidine rings is 1. The molecule has 0 radical (unpaired) electrons. The number of aliphatic imine (C=N–C) groups is 1. The van der Waals surface area contributed by atoms with Gasteiger partial charge in [-0.05, 0) is 43.4 Å². The molecule has 0 unspecified atom stereocenters. The minimum atomic E-state index is -0.184. The number of hydrogen-bond donors (Lipinski definition) is 1. The lowest BCUT2D eigenvalue weighted by Gasteiger charge is -2.36. The first-order valence-electron chi connectivity index (χ1n) is 10.2. The minimum absolute atomic E-state index is 0. The number of amides is 1. The Hall–Kier alpha value is -1.42. The highest BCUT2D eigenvalue weighted by molar-refractivity contribution is 14.0. The minimum Gasteiger partial charge on any atom is -0.378 e. The van der Waals surface area contributed by atoms with Crippen LogP contribution in [0.25, 0.3) is 0 Å². The average molecular weight is 518 g/mol. The third kappa shape index (κ3) is 7.09. The van der Waals surface area contributed by atoms with E-state index in [0.29, 0.717) is 26.3 Å². The number of ether oxygens (including phenoxy) is 1. The molecule has 1 amide bonds. The van der Waals surface area contributed by atoms with Gasteiger partial charge in [-0.3, -0.25) is 9.79 Å². The van der Waals surface area contributed by atoms with Crippen molar-refractivity contribution >= 4 is 35.8 Å². The van der Waals surface area contributed by atoms with Crippen molar-refractivity contribution in [3.05, 3.63) is 35.6 Å². The van der Waals surface area contributed by atoms with Gasteiger partial charge in [0.2, 0.25) is 5.91 Å². The molecule has 0 spiro atoms. The van der Waals surface area contributed by atoms with Crippen LogP contribution in [-0.2, 0) is 16.0 Å². The first-order valence-corrected chi connectivity index (χ1v) is 10.2. The molecule has 1 aromatic rings. The molecule has 0 atom stereocenters. The first kappa shape index (κ1) is 23.9. The van der Waals surface area contributed by atoms with Crippen LogP contribution in [0.5, 0.6) is 0 Å². The fourth-order valence-corrected chi connectivity index (χ4v) is 3.90. The van der Waals surface area contributed by atoms with Gasteiger partial charge in [0.25, 0.3) is 0 Å². The van der Waals surface area contributed by atoms with Crippen LogP contribution in [0.1, 0.15) is 24.8 Å². The molecule has 1 N–H and O–H groups in total. The Morgan fingerprint density at radius 1 is 1.21 bits per heavy atom. The van der Waals surface area contributed by atoms with Gasteiger partial charge in [-0.1, -0.05) is 12.1 Å². The molecule has 0 bridgehead atoms. The molecule has 29 heavy (non-hydrogen) atoms. The predicted octanol–water partition coefficient (Wildman–Crippen LogP) is 2.52. The second kappa shape index (κ2) is 12.3. The summed E-state index contributed by atoms with van der Waals surface area (Å²) >= 11 is 0. The number of carbonyl (C=O) groups excluding carboxylic acids is 1. The van der Waals surface area contributed by atoms with Gasteiger partial charge in [0.15, 0.2) is 5.96 Å². The summed E-state index contributed by atoms with van der Waals surface area (Å²) in [5.74, 6) is 1.09. The molecule has 162 valence electrons. The first-order chi connectivity index (χ1) is 13.7. The second-order valence-electron chi connectivity index (χ2n) is 7.41. The van der Waals surface area contributed by atoms with E-state index in [2.05, 4.69) is 15.2 Å². The monoisotopic (exact) mass is 518 g/mol. The number of benzene rings is 1. The van der Waals surface area contributed by atoms with Crippen LogP contribution in [0.3, 0.4) is 0 Å². The molecule has 2 saturated heterocycles. The summed E-state index contributed by atoms with van der Waals surface area (Å²) in [5, 5.41) is 3.40. The SMILES string of the molecule is CN=C(NCCCc1cccc(F)c1)N1CCC(C(=O)N2CCOCC2)CC1.I. The van der Waals surface area contributed by atoms with Crippen LogP contribution in [0.2, 0.25) is 0 Å². The van der Waals surface area contributed by atoms with E-state index in [9.17, 15) is 9.18 Å². The van der Waals surface area contributed by atoms with Crippen molar-refractivity contribution in [3.63, 3.8) is 0 Å². The standard InChI is InChI=1S/C21H31FN4O2.HI/c1-23-21(24-9-3-5-17-4-2-6-19(22)16-17)26-10-7-18(8-11-26)20(27)25-12-14-28-15-13-25;/h2,4,6,16,18H,3,5,7-15H2,1H3,(H,23,24);1H. The van der Waals surface area contributed by atoms with Gasteiger partial charge in [-0.2, -0.15) is 0 Å². The van der Waals surface area contributed by atoms with Crippen LogP contribution in [0, 0.1) is 11.7 Å². The molecular formula is C21H32FIN4O2. The van der Waals surface area contributed by atoms with Gasteiger partial charge < -0.3 is 19.9 Å². The number of nitrogens with zero attached hydrogens (tertiary/aromatic N) is 3. The number of nitrogens with one attached hydrogen (secondary N) is 1. The maximum Gasteiger partial charge on any atom is 0.225 e. The van der Waals surface area contributed by atoms with E-state index in [0.717, 1.165) is 56.8 Å². The molecule has 2 fully saturated rings. The fourth-order valence-electron chi connectivity index (χ4n) is 3.90. The molecule has 1 aromatic carbocycles. The summed E-state index contributed by atoms with van der Waals surface area (Å²) in [4.78, 5) is 21.2. The van der Waals surface area contributed by atoms with E-state index in [4.69, 9.17) is 4.74 Å². The normalized spacial score (nSPS) is 18.3. The van der Waals surface area contributed by atoms with E-state index < -0.39 is 0 Å². The number of aryl methyl sites for hydroxylation is 1. The quantitative estimate of drug-likeness (QED) is 0.282. The van der Waals surface area contributed by atoms with Crippen molar-refractivity contribution in [1.82, 2.24) is 15.1 Å². The summed E-state index contributed by atoms with van der Waals surface area (Å²) < 4.78 is 18.6. The largest absolute Gasteiger partial charge is 0.378 e. The van der Waals surface area contributed by atoms with E-state index in [1.54, 1.807) is 19.2 Å². The van der Waals surface area contributed by atoms with E-state index in [-0.39, 0.29) is 41.6 Å². The fraction of sp³-hybridized carbons (Fsp3) is 0.619. The van der Waals surface area contributed by atoms with Crippen LogP contribution in [0.15, 0.2) is 29.3 Å². The highest BCUT2D eigenvalue weighted by Gasteiger charge is 2.30. The summed E-state index contributed by atoms with van der Waals surface area (Å²) in [5.41, 5.74) is 1.01. The Morgan fingerprint density at radius 2 is 1.93 bits per heavy atom. The van der Waals surface area contributed by atoms with Gasteiger partial charge in [0, 0.05) is 45.7 Å². The third-order valence-electron chi connectivity index (χ3n) is 5.49. The Labute approximate surface area is 189 Å². The highest BCUT2D eigenvalue weighted by Crippen LogP contribution is 2.20. The maximum absolute atomic E-state index is 13.2. The molecule has 2 heterocycles. The number of hydrogen-bond acceptors (Lipinski definition) is 3. The smallest absolute Gasteiger partial charge is 0.225 e. The number of carbonyl (C=O) groups is 1. The van der Waals surface area contributed by atoms with Crippen molar-refractivity contribution in [2.45, 2.75) is 25.7 Å². The zero-order valence-electron chi connectivity index (χ0n) is 17.1. The second-order valence-corrected chi connectivity index (χ2v) is 7.41. The zero-order chi connectivity index (χ0) is 19.8. The Bertz CT molecular complexity index is 674. The molecular weight excluding hydrogens is 486 g/mol. The van der Waals surface area contributed by atoms with Crippen LogP contribution in [0.4, 0.5) is 4.39 Å². The molecule has 6 nitrogen and oxygen atoms in total. The average Bonchev–Trinajstić information content (AvgIpc) is 2.74. The van der Waals surface area contributed by atoms with Gasteiger partial charge >= 0.3 is 0 Å². The number of likely N-dealkylation sites (tertiary alicyclic amines) is 1. The summed E-state index contributed by atoms with van der Waals surface area (Å²) in [6.45, 7) is 5.19. The van der Waals surface area contributed by atoms with Crippen LogP contribution in [-0.4, -0.2) is 74.7 Å². The zero-order valence-corrected chi connectivity index (χ0v) is 19.4. The summed E-state index contributed by atoms with van der Waals surface area (Å²) in [7, 11) is 1.79. The van der Waals surface area contributed by atoms with E-state index >= 15 is 0 Å². The van der Waals surface area contributed by atoms with Gasteiger partial charge in [-0.25, -0.2) is 4.39 Å². The maximum atomic E-state index is 13.2. The van der Waals surface area contributed by atoms with Crippen LogP contribution < -0.4 is 5.32 Å². The lowest BCUT2D eigenvalue weighted by molar-refractivity contribution is -0.140. The number of rotatable bonds is 5. The molecule has 0 saturated carbocycles. The molecule has 0 aliphatic carbocycles. The Kier molecular flexibility index (Phi) is 10.1. The van der Waals surface area contributed by atoms with Gasteiger partial charge in [-0.15, -0.1) is 24.0 Å². The van der Waals surface area contributed by atoms with Crippen LogP contribution >= 0.6 is 24.0 Å². The third-order valence-corrected chi connectivity index (χ3v) is 5.49. The van der Waals surface area contributed by atoms with E-state index in [1.807, 2.05) is 11.0 Å². The topological polar surface area (TPSA) is 57.2 Å². The van der Waals surface area contributed by atoms with Crippen molar-refractivity contribution < 1.29 is 13.9 Å². The molecule has 2 aliphatic rings. The Morgan fingerprint density at radius 3 is 2.59 bits per heavy atom.